The van der Waals surface area contributed by atoms with Crippen LogP contribution in [0, 0.1) is 0 Å². The predicted octanol–water partition coefficient (Wildman–Crippen LogP) is 1.29. The topological polar surface area (TPSA) is 26.3 Å². The maximum absolute atomic E-state index is 10.3. The number of methoxy groups -OCH3 is 1. The molecule has 0 rings (SSSR count). The van der Waals surface area contributed by atoms with Crippen LogP contribution < -0.4 is 0 Å². The largest absolute Gasteiger partial charge is 0.497 e. The van der Waals surface area contributed by atoms with E-state index in [9.17, 15) is 4.79 Å². The summed E-state index contributed by atoms with van der Waals surface area (Å²) in [5, 5.41) is 0. The fraction of sp³-hybridized carbons (Fsp3) is 0.286. The van der Waals surface area contributed by atoms with E-state index in [2.05, 4.69) is 11.3 Å². The van der Waals surface area contributed by atoms with Crippen LogP contribution in [0.3, 0.4) is 0 Å². The van der Waals surface area contributed by atoms with Crippen LogP contribution in [0.15, 0.2) is 24.5 Å². The van der Waals surface area contributed by atoms with Crippen molar-refractivity contribution in [3.63, 3.8) is 0 Å². The first kappa shape index (κ1) is 7.95. The molecule has 0 unspecified atom stereocenters. The lowest BCUT2D eigenvalue weighted by molar-refractivity contribution is -0.112. The first-order valence-electron chi connectivity index (χ1n) is 2.58. The third-order valence-electron chi connectivity index (χ3n) is 0.766. The molecule has 0 heterocycles. The summed E-state index contributed by atoms with van der Waals surface area (Å²) in [4.78, 5) is 10.3. The van der Waals surface area contributed by atoms with Gasteiger partial charge in [-0.3, -0.25) is 4.79 Å². The van der Waals surface area contributed by atoms with Crippen LogP contribution in [0.2, 0.25) is 0 Å². The molecule has 0 aliphatic carbocycles. The van der Waals surface area contributed by atoms with Gasteiger partial charge in [0.15, 0.2) is 5.78 Å². The summed E-state index contributed by atoms with van der Waals surface area (Å²) in [5.41, 5.74) is 0. The first-order chi connectivity index (χ1) is 4.16. The van der Waals surface area contributed by atoms with Gasteiger partial charge in [-0.2, -0.15) is 0 Å². The minimum Gasteiger partial charge on any atom is -0.497 e. The molecule has 9 heavy (non-hydrogen) atoms. The maximum atomic E-state index is 10.3. The molecule has 0 aromatic carbocycles. The third-order valence-corrected chi connectivity index (χ3v) is 0.766. The highest BCUT2D eigenvalue weighted by Crippen LogP contribution is 1.91. The van der Waals surface area contributed by atoms with E-state index in [1.807, 2.05) is 0 Å². The standard InChI is InChI=1S/C7H10O2/c1-6(8)4-5-7(2)9-3/h4-5H,2H2,1,3H3/b5-4+. The SMILES string of the molecule is C=C(/C=C/C(C)=O)OC. The Hall–Kier alpha value is -1.05. The fourth-order valence-electron chi connectivity index (χ4n) is 0.278. The van der Waals surface area contributed by atoms with Gasteiger partial charge in [0.25, 0.3) is 0 Å². The highest BCUT2D eigenvalue weighted by atomic mass is 16.5. The Balaban J connectivity index is 3.71. The fourth-order valence-corrected chi connectivity index (χ4v) is 0.278. The molecular formula is C7H10O2. The van der Waals surface area contributed by atoms with Crippen molar-refractivity contribution in [2.75, 3.05) is 7.11 Å². The Labute approximate surface area is 54.8 Å². The van der Waals surface area contributed by atoms with Crippen LogP contribution in [0.1, 0.15) is 6.92 Å². The minimum atomic E-state index is -0.00630. The zero-order chi connectivity index (χ0) is 7.28. The number of carbonyl (C=O) groups excluding carboxylic acids is 1. The second kappa shape index (κ2) is 3.89. The summed E-state index contributed by atoms with van der Waals surface area (Å²) < 4.78 is 4.67. The van der Waals surface area contributed by atoms with Crippen molar-refractivity contribution in [2.45, 2.75) is 6.92 Å². The van der Waals surface area contributed by atoms with Crippen LogP contribution in [0.5, 0.6) is 0 Å². The number of carbonyl (C=O) groups is 1. The van der Waals surface area contributed by atoms with Crippen molar-refractivity contribution in [2.24, 2.45) is 0 Å². The molecule has 0 aliphatic rings. The summed E-state index contributed by atoms with van der Waals surface area (Å²) in [6, 6.07) is 0. The van der Waals surface area contributed by atoms with E-state index in [0.29, 0.717) is 5.76 Å². The van der Waals surface area contributed by atoms with Crippen LogP contribution in [0.25, 0.3) is 0 Å². The zero-order valence-electron chi connectivity index (χ0n) is 5.68. The quantitative estimate of drug-likeness (QED) is 0.323. The van der Waals surface area contributed by atoms with Crippen molar-refractivity contribution in [3.05, 3.63) is 24.5 Å². The Morgan fingerprint density at radius 2 is 2.11 bits per heavy atom. The van der Waals surface area contributed by atoms with Crippen molar-refractivity contribution in [1.82, 2.24) is 0 Å². The van der Waals surface area contributed by atoms with E-state index in [1.54, 1.807) is 0 Å². The highest BCUT2D eigenvalue weighted by molar-refractivity contribution is 5.87. The maximum Gasteiger partial charge on any atom is 0.152 e. The molecule has 0 saturated heterocycles. The van der Waals surface area contributed by atoms with Gasteiger partial charge in [-0.25, -0.2) is 0 Å². The smallest absolute Gasteiger partial charge is 0.152 e. The van der Waals surface area contributed by atoms with Crippen LogP contribution in [0.4, 0.5) is 0 Å². The van der Waals surface area contributed by atoms with Gasteiger partial charge in [-0.1, -0.05) is 6.58 Å². The molecule has 0 spiro atoms. The van der Waals surface area contributed by atoms with Gasteiger partial charge in [-0.15, -0.1) is 0 Å². The number of allylic oxidation sites excluding steroid dienone is 2. The Bertz CT molecular complexity index is 145. The second-order valence-corrected chi connectivity index (χ2v) is 1.61. The molecule has 0 amide bonds. The summed E-state index contributed by atoms with van der Waals surface area (Å²) in [6.45, 7) is 4.96. The average molecular weight is 126 g/mol. The van der Waals surface area contributed by atoms with Gasteiger partial charge < -0.3 is 4.74 Å². The molecule has 0 bridgehead atoms. The van der Waals surface area contributed by atoms with Crippen LogP contribution >= 0.6 is 0 Å². The monoisotopic (exact) mass is 126 g/mol. The number of rotatable bonds is 3. The van der Waals surface area contributed by atoms with Gasteiger partial charge in [0.05, 0.1) is 7.11 Å². The molecule has 50 valence electrons. The van der Waals surface area contributed by atoms with Gasteiger partial charge in [0, 0.05) is 0 Å². The van der Waals surface area contributed by atoms with Gasteiger partial charge in [0.2, 0.25) is 0 Å². The number of ketones is 1. The molecule has 0 aromatic heterocycles. The lowest BCUT2D eigenvalue weighted by Gasteiger charge is -1.92. The average Bonchev–Trinajstić information content (AvgIpc) is 1.83. The summed E-state index contributed by atoms with van der Waals surface area (Å²) in [5.74, 6) is 0.485. The van der Waals surface area contributed by atoms with E-state index in [4.69, 9.17) is 0 Å². The Morgan fingerprint density at radius 1 is 1.56 bits per heavy atom. The van der Waals surface area contributed by atoms with Crippen molar-refractivity contribution in [1.29, 1.82) is 0 Å². The normalized spacial score (nSPS) is 9.56. The van der Waals surface area contributed by atoms with E-state index in [0.717, 1.165) is 0 Å². The molecule has 0 saturated carbocycles. The summed E-state index contributed by atoms with van der Waals surface area (Å²) >= 11 is 0. The summed E-state index contributed by atoms with van der Waals surface area (Å²) in [7, 11) is 1.51. The zero-order valence-corrected chi connectivity index (χ0v) is 5.68. The van der Waals surface area contributed by atoms with E-state index < -0.39 is 0 Å². The van der Waals surface area contributed by atoms with Crippen molar-refractivity contribution < 1.29 is 9.53 Å². The molecular weight excluding hydrogens is 116 g/mol. The first-order valence-corrected chi connectivity index (χ1v) is 2.58. The molecule has 0 fully saturated rings. The van der Waals surface area contributed by atoms with Gasteiger partial charge >= 0.3 is 0 Å². The van der Waals surface area contributed by atoms with Crippen molar-refractivity contribution >= 4 is 5.78 Å². The van der Waals surface area contributed by atoms with Crippen LogP contribution in [-0.4, -0.2) is 12.9 Å². The third kappa shape index (κ3) is 4.81. The molecule has 0 aliphatic heterocycles. The number of hydrogen-bond donors (Lipinski definition) is 0. The lowest BCUT2D eigenvalue weighted by Crippen LogP contribution is -1.82. The highest BCUT2D eigenvalue weighted by Gasteiger charge is 1.83. The van der Waals surface area contributed by atoms with Gasteiger partial charge in [0.1, 0.15) is 5.76 Å². The summed E-state index contributed by atoms with van der Waals surface area (Å²) in [6.07, 6.45) is 2.94. The molecule has 0 radical (unpaired) electrons. The molecule has 0 atom stereocenters. The van der Waals surface area contributed by atoms with E-state index in [1.165, 1.54) is 26.2 Å². The van der Waals surface area contributed by atoms with Gasteiger partial charge in [-0.05, 0) is 19.1 Å². The van der Waals surface area contributed by atoms with E-state index in [-0.39, 0.29) is 5.78 Å². The molecule has 0 aromatic rings. The van der Waals surface area contributed by atoms with Crippen molar-refractivity contribution in [3.8, 4) is 0 Å². The number of ether oxygens (including phenoxy) is 1. The molecule has 2 heteroatoms. The van der Waals surface area contributed by atoms with Crippen LogP contribution in [-0.2, 0) is 9.53 Å². The Kier molecular flexibility index (Phi) is 3.44. The minimum absolute atomic E-state index is 0.00630. The molecule has 2 nitrogen and oxygen atoms in total. The predicted molar refractivity (Wildman–Crippen MR) is 36.0 cm³/mol. The Morgan fingerprint density at radius 3 is 2.44 bits per heavy atom. The second-order valence-electron chi connectivity index (χ2n) is 1.61. The molecule has 0 N–H and O–H groups in total. The lowest BCUT2D eigenvalue weighted by atomic mass is 10.4. The van der Waals surface area contributed by atoms with E-state index >= 15 is 0 Å². The number of hydrogen-bond acceptors (Lipinski definition) is 2.